The minimum Gasteiger partial charge on any atom is -0.491 e. The standard InChI is InChI=1S/C25H30ClN3O3/c1-18-17-32-22-8-3-2-6-19(22)7-4-5-11-25(24(31)28-18)12-14-29(15-13-25)23(30)21-10-9-20(26)16-27-21/h2-3,6,8-10,16,18H,4-5,7,11-15,17H2,1H3,(H,28,31)/t18-/m1/s1. The van der Waals surface area contributed by atoms with Crippen molar-refractivity contribution in [3.8, 4) is 5.75 Å². The Labute approximate surface area is 194 Å². The van der Waals surface area contributed by atoms with Gasteiger partial charge in [0, 0.05) is 19.3 Å². The van der Waals surface area contributed by atoms with E-state index in [0.29, 0.717) is 43.3 Å². The van der Waals surface area contributed by atoms with Gasteiger partial charge in [-0.15, -0.1) is 0 Å². The molecule has 1 N–H and O–H groups in total. The molecule has 2 aliphatic heterocycles. The van der Waals surface area contributed by atoms with Crippen LogP contribution in [-0.2, 0) is 11.2 Å². The number of hydrogen-bond acceptors (Lipinski definition) is 4. The van der Waals surface area contributed by atoms with Crippen LogP contribution in [0.5, 0.6) is 5.75 Å². The molecular formula is C25H30ClN3O3. The molecule has 1 aromatic carbocycles. The van der Waals surface area contributed by atoms with Gasteiger partial charge in [-0.1, -0.05) is 36.2 Å². The Morgan fingerprint density at radius 1 is 1.16 bits per heavy atom. The van der Waals surface area contributed by atoms with Crippen molar-refractivity contribution in [1.29, 1.82) is 0 Å². The Kier molecular flexibility index (Phi) is 6.99. The topological polar surface area (TPSA) is 71.5 Å². The lowest BCUT2D eigenvalue weighted by molar-refractivity contribution is -0.135. The minimum absolute atomic E-state index is 0.0826. The highest BCUT2D eigenvalue weighted by Crippen LogP contribution is 2.38. The molecule has 1 fully saturated rings. The summed E-state index contributed by atoms with van der Waals surface area (Å²) < 4.78 is 6.02. The van der Waals surface area contributed by atoms with Gasteiger partial charge in [0.25, 0.3) is 5.91 Å². The lowest BCUT2D eigenvalue weighted by atomic mass is 9.73. The van der Waals surface area contributed by atoms with Gasteiger partial charge in [-0.25, -0.2) is 4.98 Å². The highest BCUT2D eigenvalue weighted by Gasteiger charge is 2.42. The van der Waals surface area contributed by atoms with Gasteiger partial charge in [0.05, 0.1) is 16.5 Å². The molecule has 2 amide bonds. The predicted octanol–water partition coefficient (Wildman–Crippen LogP) is 4.27. The predicted molar refractivity (Wildman–Crippen MR) is 124 cm³/mol. The van der Waals surface area contributed by atoms with Crippen LogP contribution in [-0.4, -0.2) is 47.4 Å². The fourth-order valence-corrected chi connectivity index (χ4v) is 4.77. The molecule has 1 aromatic heterocycles. The van der Waals surface area contributed by atoms with Crippen LogP contribution in [0.4, 0.5) is 0 Å². The number of nitrogens with zero attached hydrogens (tertiary/aromatic N) is 2. The molecule has 3 heterocycles. The van der Waals surface area contributed by atoms with Crippen molar-refractivity contribution in [3.05, 3.63) is 58.9 Å². The number of ether oxygens (including phenoxy) is 1. The first-order valence-corrected chi connectivity index (χ1v) is 11.8. The lowest BCUT2D eigenvalue weighted by Crippen LogP contribution is -2.52. The van der Waals surface area contributed by atoms with Crippen LogP contribution in [0, 0.1) is 5.41 Å². The van der Waals surface area contributed by atoms with E-state index in [2.05, 4.69) is 16.4 Å². The molecule has 0 radical (unpaired) electrons. The smallest absolute Gasteiger partial charge is 0.272 e. The summed E-state index contributed by atoms with van der Waals surface area (Å²) in [6.07, 6.45) is 6.53. The van der Waals surface area contributed by atoms with Crippen LogP contribution in [0.1, 0.15) is 55.1 Å². The largest absolute Gasteiger partial charge is 0.491 e. The van der Waals surface area contributed by atoms with Crippen molar-refractivity contribution >= 4 is 23.4 Å². The maximum atomic E-state index is 13.3. The first-order chi connectivity index (χ1) is 15.5. The maximum Gasteiger partial charge on any atom is 0.272 e. The first-order valence-electron chi connectivity index (χ1n) is 11.4. The van der Waals surface area contributed by atoms with E-state index in [0.717, 1.165) is 31.4 Å². The lowest BCUT2D eigenvalue weighted by Gasteiger charge is -2.41. The second kappa shape index (κ2) is 9.90. The Bertz CT molecular complexity index is 955. The molecule has 6 nitrogen and oxygen atoms in total. The second-order valence-electron chi connectivity index (χ2n) is 8.93. The van der Waals surface area contributed by atoms with Crippen molar-refractivity contribution in [3.63, 3.8) is 0 Å². The van der Waals surface area contributed by atoms with Gasteiger partial charge in [0.15, 0.2) is 0 Å². The minimum atomic E-state index is -0.447. The van der Waals surface area contributed by atoms with Crippen LogP contribution < -0.4 is 10.1 Å². The number of carbonyl (C=O) groups is 2. The molecule has 0 saturated carbocycles. The SMILES string of the molecule is C[C@@H]1COc2ccccc2CCCCC2(CCN(C(=O)c3ccc(Cl)cn3)CC2)C(=O)N1. The Balaban J connectivity index is 1.44. The summed E-state index contributed by atoms with van der Waals surface area (Å²) in [6, 6.07) is 11.4. The number of halogens is 1. The normalized spacial score (nSPS) is 21.5. The van der Waals surface area contributed by atoms with E-state index in [-0.39, 0.29) is 17.9 Å². The maximum absolute atomic E-state index is 13.3. The van der Waals surface area contributed by atoms with Crippen LogP contribution in [0.25, 0.3) is 0 Å². The van der Waals surface area contributed by atoms with E-state index in [1.807, 2.05) is 25.1 Å². The number of rotatable bonds is 1. The van der Waals surface area contributed by atoms with Crippen LogP contribution in [0.3, 0.4) is 0 Å². The van der Waals surface area contributed by atoms with E-state index >= 15 is 0 Å². The third-order valence-corrected chi connectivity index (χ3v) is 6.85. The summed E-state index contributed by atoms with van der Waals surface area (Å²) in [5.74, 6) is 0.883. The molecule has 1 saturated heterocycles. The number of hydrogen-bond donors (Lipinski definition) is 1. The molecule has 1 spiro atoms. The van der Waals surface area contributed by atoms with E-state index in [1.165, 1.54) is 11.8 Å². The molecule has 0 unspecified atom stereocenters. The first kappa shape index (κ1) is 22.6. The van der Waals surface area contributed by atoms with Crippen LogP contribution >= 0.6 is 11.6 Å². The van der Waals surface area contributed by atoms with Gasteiger partial charge in [0.1, 0.15) is 18.1 Å². The number of fused-ring (bicyclic) bond motifs is 1. The van der Waals surface area contributed by atoms with E-state index < -0.39 is 5.41 Å². The summed E-state index contributed by atoms with van der Waals surface area (Å²) in [7, 11) is 0. The fraction of sp³-hybridized carbons (Fsp3) is 0.480. The zero-order valence-corrected chi connectivity index (χ0v) is 19.2. The number of aromatic nitrogens is 1. The molecule has 170 valence electrons. The van der Waals surface area contributed by atoms with E-state index in [4.69, 9.17) is 16.3 Å². The average Bonchev–Trinajstić information content (AvgIpc) is 2.81. The average molecular weight is 456 g/mol. The summed E-state index contributed by atoms with van der Waals surface area (Å²) in [4.78, 5) is 32.1. The zero-order chi connectivity index (χ0) is 22.6. The number of amides is 2. The Hall–Kier alpha value is -2.60. The Morgan fingerprint density at radius 2 is 1.94 bits per heavy atom. The summed E-state index contributed by atoms with van der Waals surface area (Å²) in [6.45, 7) is 3.51. The van der Waals surface area contributed by atoms with Crippen molar-refractivity contribution < 1.29 is 14.3 Å². The van der Waals surface area contributed by atoms with Gasteiger partial charge in [-0.3, -0.25) is 9.59 Å². The van der Waals surface area contributed by atoms with Gasteiger partial charge in [-0.05, 0) is 62.8 Å². The molecule has 4 rings (SSSR count). The van der Waals surface area contributed by atoms with Crippen molar-refractivity contribution in [2.45, 2.75) is 51.5 Å². The number of piperidine rings is 1. The van der Waals surface area contributed by atoms with Gasteiger partial charge in [0.2, 0.25) is 5.91 Å². The van der Waals surface area contributed by atoms with Crippen molar-refractivity contribution in [1.82, 2.24) is 15.2 Å². The second-order valence-corrected chi connectivity index (χ2v) is 9.37. The van der Waals surface area contributed by atoms with Crippen LogP contribution in [0.2, 0.25) is 5.02 Å². The molecule has 2 aromatic rings. The third kappa shape index (κ3) is 5.07. The van der Waals surface area contributed by atoms with Crippen LogP contribution in [0.15, 0.2) is 42.6 Å². The number of benzene rings is 1. The number of likely N-dealkylation sites (tertiary alicyclic amines) is 1. The highest BCUT2D eigenvalue weighted by molar-refractivity contribution is 6.30. The molecular weight excluding hydrogens is 426 g/mol. The van der Waals surface area contributed by atoms with Crippen molar-refractivity contribution in [2.24, 2.45) is 5.41 Å². The van der Waals surface area contributed by atoms with E-state index in [1.54, 1.807) is 17.0 Å². The number of pyridine rings is 1. The zero-order valence-electron chi connectivity index (χ0n) is 18.5. The third-order valence-electron chi connectivity index (χ3n) is 6.63. The van der Waals surface area contributed by atoms with Gasteiger partial charge < -0.3 is 15.0 Å². The number of aryl methyl sites for hydroxylation is 1. The summed E-state index contributed by atoms with van der Waals surface area (Å²) in [5, 5.41) is 3.68. The van der Waals surface area contributed by atoms with Gasteiger partial charge in [-0.2, -0.15) is 0 Å². The highest BCUT2D eigenvalue weighted by atomic mass is 35.5. The number of nitrogens with one attached hydrogen (secondary N) is 1. The molecule has 0 bridgehead atoms. The molecule has 2 aliphatic rings. The monoisotopic (exact) mass is 455 g/mol. The fourth-order valence-electron chi connectivity index (χ4n) is 4.66. The molecule has 1 atom stereocenters. The summed E-state index contributed by atoms with van der Waals surface area (Å²) in [5.41, 5.74) is 1.16. The Morgan fingerprint density at radius 3 is 2.69 bits per heavy atom. The quantitative estimate of drug-likeness (QED) is 0.697. The van der Waals surface area contributed by atoms with Gasteiger partial charge >= 0.3 is 0 Å². The van der Waals surface area contributed by atoms with Crippen molar-refractivity contribution in [2.75, 3.05) is 19.7 Å². The number of para-hydroxylation sites is 1. The molecule has 0 aliphatic carbocycles. The molecule has 7 heteroatoms. The number of carbonyl (C=O) groups excluding carboxylic acids is 2. The van der Waals surface area contributed by atoms with E-state index in [9.17, 15) is 9.59 Å². The molecule has 32 heavy (non-hydrogen) atoms. The summed E-state index contributed by atoms with van der Waals surface area (Å²) >= 11 is 5.89.